The number of rotatable bonds is 2. The van der Waals surface area contributed by atoms with Crippen molar-refractivity contribution in [3.8, 4) is 5.75 Å². The molecule has 0 unspecified atom stereocenters. The van der Waals surface area contributed by atoms with E-state index in [-0.39, 0.29) is 17.3 Å². The molecule has 4 nitrogen and oxygen atoms in total. The van der Waals surface area contributed by atoms with Gasteiger partial charge in [-0.05, 0) is 42.5 Å². The minimum Gasteiger partial charge on any atom is -0.507 e. The molecule has 0 bridgehead atoms. The van der Waals surface area contributed by atoms with Crippen molar-refractivity contribution in [1.29, 1.82) is 0 Å². The third-order valence-corrected chi connectivity index (χ3v) is 3.70. The van der Waals surface area contributed by atoms with Gasteiger partial charge in [0.2, 0.25) is 5.90 Å². The van der Waals surface area contributed by atoms with Crippen LogP contribution >= 0.6 is 27.5 Å². The Hall–Kier alpha value is -2.11. The first-order valence-electron chi connectivity index (χ1n) is 6.30. The fraction of sp³-hybridized carbons (Fsp3) is 0. The van der Waals surface area contributed by atoms with Gasteiger partial charge in [0.15, 0.2) is 5.70 Å². The number of carbonyl (C=O) groups is 1. The maximum absolute atomic E-state index is 11.9. The summed E-state index contributed by atoms with van der Waals surface area (Å²) < 4.78 is 5.93. The highest BCUT2D eigenvalue weighted by molar-refractivity contribution is 9.10. The van der Waals surface area contributed by atoms with Gasteiger partial charge in [0.25, 0.3) is 0 Å². The number of hydrogen-bond acceptors (Lipinski definition) is 4. The molecule has 0 saturated heterocycles. The zero-order chi connectivity index (χ0) is 15.7. The van der Waals surface area contributed by atoms with Crippen LogP contribution in [0.25, 0.3) is 6.08 Å². The van der Waals surface area contributed by atoms with Crippen LogP contribution in [-0.4, -0.2) is 17.0 Å². The van der Waals surface area contributed by atoms with Crippen molar-refractivity contribution >= 4 is 45.5 Å². The lowest BCUT2D eigenvalue weighted by atomic mass is 10.1. The summed E-state index contributed by atoms with van der Waals surface area (Å²) in [6.45, 7) is 0. The van der Waals surface area contributed by atoms with Gasteiger partial charge in [0.1, 0.15) is 5.75 Å². The van der Waals surface area contributed by atoms with Crippen LogP contribution in [0.4, 0.5) is 0 Å². The molecule has 1 N–H and O–H groups in total. The summed E-state index contributed by atoms with van der Waals surface area (Å²) in [7, 11) is 0. The molecule has 6 heteroatoms. The van der Waals surface area contributed by atoms with Gasteiger partial charge < -0.3 is 9.84 Å². The lowest BCUT2D eigenvalue weighted by molar-refractivity contribution is -0.129. The standard InChI is InChI=1S/C16H9BrClNO3/c17-11-4-5-14(20)10(6-11)8-13-16(21)22-15(19-13)9-2-1-3-12(18)7-9/h1-8,20H. The first-order valence-corrected chi connectivity index (χ1v) is 7.47. The SMILES string of the molecule is O=C1OC(c2cccc(Cl)c2)=NC1=Cc1cc(Br)ccc1O. The van der Waals surface area contributed by atoms with Crippen LogP contribution in [0.5, 0.6) is 5.75 Å². The van der Waals surface area contributed by atoms with Crippen molar-refractivity contribution in [2.24, 2.45) is 4.99 Å². The van der Waals surface area contributed by atoms with E-state index in [9.17, 15) is 9.90 Å². The number of benzene rings is 2. The van der Waals surface area contributed by atoms with Crippen LogP contribution in [0.1, 0.15) is 11.1 Å². The van der Waals surface area contributed by atoms with Gasteiger partial charge in [-0.1, -0.05) is 33.6 Å². The van der Waals surface area contributed by atoms with E-state index in [1.165, 1.54) is 12.1 Å². The van der Waals surface area contributed by atoms with E-state index in [0.717, 1.165) is 4.47 Å². The number of nitrogens with zero attached hydrogens (tertiary/aromatic N) is 1. The van der Waals surface area contributed by atoms with E-state index in [2.05, 4.69) is 20.9 Å². The Labute approximate surface area is 139 Å². The lowest BCUT2D eigenvalue weighted by Gasteiger charge is -1.99. The molecule has 110 valence electrons. The molecule has 0 spiro atoms. The zero-order valence-corrected chi connectivity index (χ0v) is 13.4. The highest BCUT2D eigenvalue weighted by atomic mass is 79.9. The van der Waals surface area contributed by atoms with Crippen molar-refractivity contribution in [2.75, 3.05) is 0 Å². The van der Waals surface area contributed by atoms with Gasteiger partial charge in [-0.25, -0.2) is 9.79 Å². The number of phenolic OH excluding ortho intramolecular Hbond substituents is 1. The highest BCUT2D eigenvalue weighted by Gasteiger charge is 2.24. The molecule has 1 aliphatic rings. The molecular weight excluding hydrogens is 370 g/mol. The van der Waals surface area contributed by atoms with Crippen LogP contribution in [-0.2, 0) is 9.53 Å². The summed E-state index contributed by atoms with van der Waals surface area (Å²) in [6, 6.07) is 11.8. The molecule has 0 saturated carbocycles. The van der Waals surface area contributed by atoms with Crippen molar-refractivity contribution in [2.45, 2.75) is 0 Å². The van der Waals surface area contributed by atoms with Gasteiger partial charge >= 0.3 is 5.97 Å². The number of aromatic hydroxyl groups is 1. The number of ether oxygens (including phenoxy) is 1. The molecule has 0 radical (unpaired) electrons. The minimum absolute atomic E-state index is 0.0508. The number of hydrogen-bond donors (Lipinski definition) is 1. The first kappa shape index (κ1) is 14.8. The molecule has 2 aromatic rings. The van der Waals surface area contributed by atoms with Gasteiger partial charge in [-0.2, -0.15) is 0 Å². The van der Waals surface area contributed by atoms with Gasteiger partial charge in [-0.15, -0.1) is 0 Å². The second kappa shape index (κ2) is 5.94. The summed E-state index contributed by atoms with van der Waals surface area (Å²) in [5.74, 6) is -0.336. The summed E-state index contributed by atoms with van der Waals surface area (Å²) in [4.78, 5) is 16.1. The highest BCUT2D eigenvalue weighted by Crippen LogP contribution is 2.27. The largest absolute Gasteiger partial charge is 0.507 e. The molecule has 0 atom stereocenters. The topological polar surface area (TPSA) is 58.9 Å². The Bertz CT molecular complexity index is 830. The van der Waals surface area contributed by atoms with Crippen LogP contribution in [0.15, 0.2) is 57.6 Å². The molecule has 0 aliphatic carbocycles. The number of carbonyl (C=O) groups excluding carboxylic acids is 1. The van der Waals surface area contributed by atoms with Crippen molar-refractivity contribution in [3.05, 3.63) is 68.8 Å². The molecule has 0 fully saturated rings. The third kappa shape index (κ3) is 3.05. The van der Waals surface area contributed by atoms with Gasteiger partial charge in [0.05, 0.1) is 0 Å². The summed E-state index contributed by atoms with van der Waals surface area (Å²) in [6.07, 6.45) is 1.47. The van der Waals surface area contributed by atoms with Crippen LogP contribution < -0.4 is 0 Å². The van der Waals surface area contributed by atoms with Gasteiger partial charge in [-0.3, -0.25) is 0 Å². The molecule has 3 rings (SSSR count). The average molecular weight is 379 g/mol. The van der Waals surface area contributed by atoms with E-state index in [0.29, 0.717) is 16.1 Å². The number of esters is 1. The van der Waals surface area contributed by atoms with E-state index >= 15 is 0 Å². The lowest BCUT2D eigenvalue weighted by Crippen LogP contribution is -2.05. The minimum atomic E-state index is -0.575. The van der Waals surface area contributed by atoms with E-state index in [1.807, 2.05) is 0 Å². The van der Waals surface area contributed by atoms with E-state index in [1.54, 1.807) is 36.4 Å². The smallest absolute Gasteiger partial charge is 0.363 e. The molecule has 0 aromatic heterocycles. The summed E-state index contributed by atoms with van der Waals surface area (Å²) in [5, 5.41) is 10.3. The molecule has 1 aliphatic heterocycles. The Morgan fingerprint density at radius 2 is 2.05 bits per heavy atom. The van der Waals surface area contributed by atoms with Crippen LogP contribution in [0, 0.1) is 0 Å². The van der Waals surface area contributed by atoms with Crippen molar-refractivity contribution in [1.82, 2.24) is 0 Å². The molecule has 0 amide bonds. The predicted molar refractivity (Wildman–Crippen MR) is 87.9 cm³/mol. The first-order chi connectivity index (χ1) is 10.5. The maximum atomic E-state index is 11.9. The third-order valence-electron chi connectivity index (χ3n) is 2.97. The molecule has 22 heavy (non-hydrogen) atoms. The van der Waals surface area contributed by atoms with E-state index < -0.39 is 5.97 Å². The average Bonchev–Trinajstić information content (AvgIpc) is 2.84. The van der Waals surface area contributed by atoms with Crippen molar-refractivity contribution in [3.63, 3.8) is 0 Å². The van der Waals surface area contributed by atoms with E-state index in [4.69, 9.17) is 16.3 Å². The Kier molecular flexibility index (Phi) is 4.00. The van der Waals surface area contributed by atoms with Crippen LogP contribution in [0.3, 0.4) is 0 Å². The predicted octanol–water partition coefficient (Wildman–Crippen LogP) is 4.15. The number of halogens is 2. The Morgan fingerprint density at radius 1 is 1.23 bits per heavy atom. The fourth-order valence-electron chi connectivity index (χ4n) is 1.94. The number of aliphatic imine (C=N–C) groups is 1. The molecular formula is C16H9BrClNO3. The quantitative estimate of drug-likeness (QED) is 0.631. The molecule has 1 heterocycles. The summed E-state index contributed by atoms with van der Waals surface area (Å²) in [5.41, 5.74) is 1.20. The zero-order valence-electron chi connectivity index (χ0n) is 11.1. The van der Waals surface area contributed by atoms with Crippen molar-refractivity contribution < 1.29 is 14.6 Å². The number of cyclic esters (lactones) is 1. The van der Waals surface area contributed by atoms with Gasteiger partial charge in [0, 0.05) is 20.6 Å². The second-order valence-electron chi connectivity index (χ2n) is 4.55. The normalized spacial score (nSPS) is 15.8. The Balaban J connectivity index is 1.99. The monoisotopic (exact) mass is 377 g/mol. The number of phenols is 1. The van der Waals surface area contributed by atoms with Crippen LogP contribution in [0.2, 0.25) is 5.02 Å². The maximum Gasteiger partial charge on any atom is 0.363 e. The molecule has 2 aromatic carbocycles. The Morgan fingerprint density at radius 3 is 2.82 bits per heavy atom. The fourth-order valence-corrected chi connectivity index (χ4v) is 2.51. The second-order valence-corrected chi connectivity index (χ2v) is 5.90. The summed E-state index contributed by atoms with van der Waals surface area (Å²) >= 11 is 9.23.